The van der Waals surface area contributed by atoms with Crippen molar-refractivity contribution < 1.29 is 4.42 Å². The molecule has 0 radical (unpaired) electrons. The molecule has 3 nitrogen and oxygen atoms in total. The van der Waals surface area contributed by atoms with E-state index >= 15 is 0 Å². The Hall–Kier alpha value is -1.25. The molecule has 1 atom stereocenters. The van der Waals surface area contributed by atoms with Gasteiger partial charge in [-0.1, -0.05) is 6.92 Å². The van der Waals surface area contributed by atoms with Crippen LogP contribution in [-0.2, 0) is 0 Å². The number of nitrogens with two attached hydrogens (primary N) is 1. The molecule has 0 aromatic carbocycles. The first-order chi connectivity index (χ1) is 7.04. The van der Waals surface area contributed by atoms with E-state index in [-0.39, 0.29) is 6.04 Å². The summed E-state index contributed by atoms with van der Waals surface area (Å²) in [6, 6.07) is 2.12. The highest BCUT2D eigenvalue weighted by Gasteiger charge is 2.11. The molecular weight excluding hydrogens is 188 g/mol. The highest BCUT2D eigenvalue weighted by Crippen LogP contribution is 2.24. The van der Waals surface area contributed by atoms with Gasteiger partial charge in [-0.15, -0.1) is 0 Å². The third-order valence-corrected chi connectivity index (χ3v) is 2.40. The maximum atomic E-state index is 5.80. The maximum absolute atomic E-state index is 5.80. The van der Waals surface area contributed by atoms with Gasteiger partial charge in [0.05, 0.1) is 11.9 Å². The first-order valence-electron chi connectivity index (χ1n) is 5.43. The van der Waals surface area contributed by atoms with E-state index in [0.717, 1.165) is 35.8 Å². The van der Waals surface area contributed by atoms with Crippen molar-refractivity contribution in [3.05, 3.63) is 23.2 Å². The summed E-state index contributed by atoms with van der Waals surface area (Å²) in [6.45, 7) is 8.05. The van der Waals surface area contributed by atoms with Crippen LogP contribution in [0.4, 0.5) is 0 Å². The minimum atomic E-state index is 0.0917. The number of furan rings is 1. The molecule has 1 unspecified atom stereocenters. The third kappa shape index (κ3) is 3.11. The molecule has 84 valence electrons. The largest absolute Gasteiger partial charge is 0.466 e. The van der Waals surface area contributed by atoms with Crippen LogP contribution in [0, 0.1) is 13.8 Å². The van der Waals surface area contributed by atoms with Crippen LogP contribution in [0.5, 0.6) is 0 Å². The van der Waals surface area contributed by atoms with Crippen LogP contribution in [0.1, 0.15) is 49.8 Å². The zero-order valence-corrected chi connectivity index (χ0v) is 10.0. The average Bonchev–Trinajstić information content (AvgIpc) is 2.45. The summed E-state index contributed by atoms with van der Waals surface area (Å²) in [7, 11) is 0. The minimum absolute atomic E-state index is 0.0917. The van der Waals surface area contributed by atoms with Crippen molar-refractivity contribution in [2.75, 3.05) is 0 Å². The van der Waals surface area contributed by atoms with E-state index in [0.29, 0.717) is 0 Å². The normalized spacial score (nSPS) is 14.3. The zero-order chi connectivity index (χ0) is 11.4. The van der Waals surface area contributed by atoms with Gasteiger partial charge in [0.2, 0.25) is 0 Å². The summed E-state index contributed by atoms with van der Waals surface area (Å²) >= 11 is 0. The van der Waals surface area contributed by atoms with Crippen LogP contribution >= 0.6 is 0 Å². The Labute approximate surface area is 91.4 Å². The summed E-state index contributed by atoms with van der Waals surface area (Å²) in [5.74, 6) is 2.59. The van der Waals surface area contributed by atoms with Gasteiger partial charge in [-0.2, -0.15) is 0 Å². The van der Waals surface area contributed by atoms with Gasteiger partial charge < -0.3 is 10.2 Å². The fourth-order valence-corrected chi connectivity index (χ4v) is 1.70. The molecule has 1 aromatic rings. The number of rotatable bonds is 4. The lowest BCUT2D eigenvalue weighted by Gasteiger charge is -2.06. The van der Waals surface area contributed by atoms with Gasteiger partial charge in [-0.25, -0.2) is 0 Å². The second-order valence-electron chi connectivity index (χ2n) is 3.91. The molecule has 0 fully saturated rings. The van der Waals surface area contributed by atoms with Crippen molar-refractivity contribution in [1.82, 2.24) is 0 Å². The van der Waals surface area contributed by atoms with E-state index in [1.165, 1.54) is 0 Å². The molecule has 0 saturated heterocycles. The Balaban J connectivity index is 2.80. The first-order valence-corrected chi connectivity index (χ1v) is 5.43. The molecule has 0 aliphatic rings. The SMILES string of the molecule is CCCC(N)=NC(C)c1cc(C)oc1C. The third-order valence-electron chi connectivity index (χ3n) is 2.40. The van der Waals surface area contributed by atoms with Gasteiger partial charge in [0.15, 0.2) is 0 Å². The van der Waals surface area contributed by atoms with Gasteiger partial charge in [0.25, 0.3) is 0 Å². The molecule has 0 aliphatic carbocycles. The van der Waals surface area contributed by atoms with Crippen molar-refractivity contribution in [3.63, 3.8) is 0 Å². The van der Waals surface area contributed by atoms with Gasteiger partial charge in [-0.3, -0.25) is 4.99 Å². The molecule has 1 rings (SSSR count). The summed E-state index contributed by atoms with van der Waals surface area (Å²) in [5, 5.41) is 0. The van der Waals surface area contributed by atoms with Gasteiger partial charge in [-0.05, 0) is 33.3 Å². The fourth-order valence-electron chi connectivity index (χ4n) is 1.70. The topological polar surface area (TPSA) is 51.5 Å². The number of aliphatic imine (C=N–C) groups is 1. The summed E-state index contributed by atoms with van der Waals surface area (Å²) in [6.07, 6.45) is 1.89. The molecule has 3 heteroatoms. The number of hydrogen-bond acceptors (Lipinski definition) is 2. The van der Waals surface area contributed by atoms with Crippen LogP contribution < -0.4 is 5.73 Å². The number of nitrogens with zero attached hydrogens (tertiary/aromatic N) is 1. The quantitative estimate of drug-likeness (QED) is 0.610. The fraction of sp³-hybridized carbons (Fsp3) is 0.583. The lowest BCUT2D eigenvalue weighted by molar-refractivity contribution is 0.499. The Kier molecular flexibility index (Phi) is 3.95. The number of hydrogen-bond donors (Lipinski definition) is 1. The maximum Gasteiger partial charge on any atom is 0.106 e. The molecule has 1 heterocycles. The Morgan fingerprint density at radius 3 is 2.67 bits per heavy atom. The second kappa shape index (κ2) is 5.01. The van der Waals surface area contributed by atoms with Crippen LogP contribution in [0.3, 0.4) is 0 Å². The molecule has 0 amide bonds. The molecule has 0 spiro atoms. The van der Waals surface area contributed by atoms with Gasteiger partial charge >= 0.3 is 0 Å². The highest BCUT2D eigenvalue weighted by molar-refractivity contribution is 5.80. The first kappa shape index (κ1) is 11.8. The van der Waals surface area contributed by atoms with E-state index < -0.39 is 0 Å². The Morgan fingerprint density at radius 2 is 2.20 bits per heavy atom. The second-order valence-corrected chi connectivity index (χ2v) is 3.91. The van der Waals surface area contributed by atoms with Crippen molar-refractivity contribution in [2.24, 2.45) is 10.7 Å². The van der Waals surface area contributed by atoms with Crippen LogP contribution in [0.15, 0.2) is 15.5 Å². The van der Waals surface area contributed by atoms with E-state index in [1.807, 2.05) is 26.8 Å². The smallest absolute Gasteiger partial charge is 0.106 e. The predicted molar refractivity (Wildman–Crippen MR) is 63.1 cm³/mol. The Morgan fingerprint density at radius 1 is 1.53 bits per heavy atom. The molecule has 0 bridgehead atoms. The molecule has 0 saturated carbocycles. The van der Waals surface area contributed by atoms with Crippen molar-refractivity contribution >= 4 is 5.84 Å². The molecule has 15 heavy (non-hydrogen) atoms. The predicted octanol–water partition coefficient (Wildman–Crippen LogP) is 3.11. The standard InChI is InChI=1S/C12H20N2O/c1-5-6-12(13)14-9(3)11-7-8(2)15-10(11)4/h7,9H,5-6H2,1-4H3,(H2,13,14). The lowest BCUT2D eigenvalue weighted by Crippen LogP contribution is -2.12. The minimum Gasteiger partial charge on any atom is -0.466 e. The zero-order valence-electron chi connectivity index (χ0n) is 10.0. The molecule has 2 N–H and O–H groups in total. The van der Waals surface area contributed by atoms with Crippen molar-refractivity contribution in [1.29, 1.82) is 0 Å². The van der Waals surface area contributed by atoms with E-state index in [1.54, 1.807) is 0 Å². The molecular formula is C12H20N2O. The summed E-state index contributed by atoms with van der Waals surface area (Å²) in [4.78, 5) is 4.45. The number of amidine groups is 1. The summed E-state index contributed by atoms with van der Waals surface area (Å²) < 4.78 is 5.47. The highest BCUT2D eigenvalue weighted by atomic mass is 16.3. The van der Waals surface area contributed by atoms with Crippen LogP contribution in [0.2, 0.25) is 0 Å². The van der Waals surface area contributed by atoms with Crippen molar-refractivity contribution in [2.45, 2.75) is 46.6 Å². The molecule has 0 aliphatic heterocycles. The molecule has 1 aromatic heterocycles. The van der Waals surface area contributed by atoms with Crippen LogP contribution in [0.25, 0.3) is 0 Å². The summed E-state index contributed by atoms with van der Waals surface area (Å²) in [5.41, 5.74) is 6.93. The number of aryl methyl sites for hydroxylation is 2. The lowest BCUT2D eigenvalue weighted by atomic mass is 10.1. The monoisotopic (exact) mass is 208 g/mol. The average molecular weight is 208 g/mol. The van der Waals surface area contributed by atoms with Crippen molar-refractivity contribution in [3.8, 4) is 0 Å². The van der Waals surface area contributed by atoms with Crippen LogP contribution in [-0.4, -0.2) is 5.84 Å². The van der Waals surface area contributed by atoms with Gasteiger partial charge in [0.1, 0.15) is 11.5 Å². The van der Waals surface area contributed by atoms with E-state index in [2.05, 4.69) is 11.9 Å². The van der Waals surface area contributed by atoms with Gasteiger partial charge in [0, 0.05) is 12.0 Å². The van der Waals surface area contributed by atoms with E-state index in [9.17, 15) is 0 Å². The van der Waals surface area contributed by atoms with E-state index in [4.69, 9.17) is 10.2 Å². The Bertz CT molecular complexity index is 353.